The molecule has 1 aromatic rings. The van der Waals surface area contributed by atoms with Crippen LogP contribution in [0.3, 0.4) is 0 Å². The Morgan fingerprint density at radius 1 is 1.30 bits per heavy atom. The molecule has 0 radical (unpaired) electrons. The molecule has 0 spiro atoms. The zero-order valence-corrected chi connectivity index (χ0v) is 12.5. The van der Waals surface area contributed by atoms with Crippen molar-refractivity contribution >= 4 is 18.3 Å². The van der Waals surface area contributed by atoms with E-state index in [1.165, 1.54) is 24.0 Å². The summed E-state index contributed by atoms with van der Waals surface area (Å²) in [6, 6.07) is 8.53. The predicted molar refractivity (Wildman–Crippen MR) is 83.1 cm³/mol. The highest BCUT2D eigenvalue weighted by Crippen LogP contribution is 2.34. The van der Waals surface area contributed by atoms with Crippen LogP contribution in [0.4, 0.5) is 0 Å². The predicted octanol–water partition coefficient (Wildman–Crippen LogP) is 2.38. The van der Waals surface area contributed by atoms with Crippen molar-refractivity contribution in [2.24, 2.45) is 11.7 Å². The third-order valence-electron chi connectivity index (χ3n) is 4.46. The molecule has 3 nitrogen and oxygen atoms in total. The number of halogens is 1. The van der Waals surface area contributed by atoms with Crippen LogP contribution in [0.1, 0.15) is 42.7 Å². The first-order valence-electron chi connectivity index (χ1n) is 7.38. The fourth-order valence-electron chi connectivity index (χ4n) is 3.18. The SMILES string of the molecule is Cl.NCC(NC(=O)C1CCCc2ccccc21)C1CC1. The number of nitrogens with two attached hydrogens (primary N) is 1. The molecule has 1 saturated carbocycles. The lowest BCUT2D eigenvalue weighted by Gasteiger charge is -2.26. The maximum Gasteiger partial charge on any atom is 0.227 e. The maximum atomic E-state index is 12.5. The molecule has 0 aromatic heterocycles. The average Bonchev–Trinajstić information content (AvgIpc) is 3.28. The van der Waals surface area contributed by atoms with Gasteiger partial charge >= 0.3 is 0 Å². The number of rotatable bonds is 4. The van der Waals surface area contributed by atoms with Crippen molar-refractivity contribution in [2.75, 3.05) is 6.54 Å². The molecule has 20 heavy (non-hydrogen) atoms. The van der Waals surface area contributed by atoms with Crippen molar-refractivity contribution in [3.8, 4) is 0 Å². The minimum atomic E-state index is 0. The molecule has 1 aromatic carbocycles. The van der Waals surface area contributed by atoms with Crippen LogP contribution < -0.4 is 11.1 Å². The third-order valence-corrected chi connectivity index (χ3v) is 4.46. The van der Waals surface area contributed by atoms with Crippen molar-refractivity contribution in [3.63, 3.8) is 0 Å². The fraction of sp³-hybridized carbons (Fsp3) is 0.562. The molecule has 4 heteroatoms. The molecule has 2 atom stereocenters. The molecule has 3 N–H and O–H groups in total. The van der Waals surface area contributed by atoms with Gasteiger partial charge in [0.1, 0.15) is 0 Å². The quantitative estimate of drug-likeness (QED) is 0.896. The largest absolute Gasteiger partial charge is 0.351 e. The monoisotopic (exact) mass is 294 g/mol. The standard InChI is InChI=1S/C16H22N2O.ClH/c17-10-15(12-8-9-12)18-16(19)14-7-3-5-11-4-1-2-6-13(11)14;/h1-2,4,6,12,14-15H,3,5,7-10,17H2,(H,18,19);1H. The number of amides is 1. The van der Waals surface area contributed by atoms with Crippen molar-refractivity contribution in [3.05, 3.63) is 35.4 Å². The van der Waals surface area contributed by atoms with Crippen molar-refractivity contribution in [2.45, 2.75) is 44.1 Å². The molecular formula is C16H23ClN2O. The van der Waals surface area contributed by atoms with E-state index in [0.29, 0.717) is 12.5 Å². The van der Waals surface area contributed by atoms with Gasteiger partial charge in [-0.15, -0.1) is 12.4 Å². The van der Waals surface area contributed by atoms with Crippen molar-refractivity contribution < 1.29 is 4.79 Å². The average molecular weight is 295 g/mol. The summed E-state index contributed by atoms with van der Waals surface area (Å²) in [6.07, 6.45) is 5.59. The molecule has 0 saturated heterocycles. The number of carbonyl (C=O) groups excluding carboxylic acids is 1. The zero-order chi connectivity index (χ0) is 13.2. The minimum absolute atomic E-state index is 0. The lowest BCUT2D eigenvalue weighted by molar-refractivity contribution is -0.123. The van der Waals surface area contributed by atoms with Gasteiger partial charge in [0.15, 0.2) is 0 Å². The van der Waals surface area contributed by atoms with Crippen LogP contribution in [0.15, 0.2) is 24.3 Å². The van der Waals surface area contributed by atoms with E-state index in [1.54, 1.807) is 0 Å². The number of aryl methyl sites for hydroxylation is 1. The molecule has 2 unspecified atom stereocenters. The molecule has 0 aliphatic heterocycles. The van der Waals surface area contributed by atoms with Gasteiger partial charge in [0.25, 0.3) is 0 Å². The van der Waals surface area contributed by atoms with Crippen LogP contribution >= 0.6 is 12.4 Å². The van der Waals surface area contributed by atoms with E-state index in [1.807, 2.05) is 6.07 Å². The number of benzene rings is 1. The number of hydrogen-bond donors (Lipinski definition) is 2. The summed E-state index contributed by atoms with van der Waals surface area (Å²) >= 11 is 0. The Balaban J connectivity index is 0.00000147. The summed E-state index contributed by atoms with van der Waals surface area (Å²) in [5.74, 6) is 0.819. The number of carbonyl (C=O) groups is 1. The van der Waals surface area contributed by atoms with Crippen LogP contribution in [0.5, 0.6) is 0 Å². The Morgan fingerprint density at radius 2 is 2.05 bits per heavy atom. The molecule has 110 valence electrons. The summed E-state index contributed by atoms with van der Waals surface area (Å²) in [7, 11) is 0. The second-order valence-corrected chi connectivity index (χ2v) is 5.83. The highest BCUT2D eigenvalue weighted by molar-refractivity contribution is 5.85. The summed E-state index contributed by atoms with van der Waals surface area (Å²) in [4.78, 5) is 12.5. The Kier molecular flexibility index (Phi) is 5.06. The molecule has 0 bridgehead atoms. The van der Waals surface area contributed by atoms with Gasteiger partial charge in [0.2, 0.25) is 5.91 Å². The molecule has 1 amide bonds. The summed E-state index contributed by atoms with van der Waals surface area (Å²) < 4.78 is 0. The molecule has 2 aliphatic carbocycles. The Morgan fingerprint density at radius 3 is 2.75 bits per heavy atom. The van der Waals surface area contributed by atoms with Crippen LogP contribution in [0.2, 0.25) is 0 Å². The van der Waals surface area contributed by atoms with E-state index in [0.717, 1.165) is 19.3 Å². The van der Waals surface area contributed by atoms with Gasteiger partial charge in [0, 0.05) is 12.6 Å². The molecule has 1 fully saturated rings. The van der Waals surface area contributed by atoms with E-state index in [-0.39, 0.29) is 30.3 Å². The van der Waals surface area contributed by atoms with E-state index in [2.05, 4.69) is 23.5 Å². The lowest BCUT2D eigenvalue weighted by Crippen LogP contribution is -2.44. The Labute approximate surface area is 126 Å². The van der Waals surface area contributed by atoms with E-state index in [9.17, 15) is 4.79 Å². The molecule has 3 rings (SSSR count). The molecule has 2 aliphatic rings. The molecule has 0 heterocycles. The van der Waals surface area contributed by atoms with Gasteiger partial charge in [-0.1, -0.05) is 24.3 Å². The first-order chi connectivity index (χ1) is 9.29. The normalized spacial score (nSPS) is 22.4. The van der Waals surface area contributed by atoms with Crippen LogP contribution in [0, 0.1) is 5.92 Å². The second-order valence-electron chi connectivity index (χ2n) is 5.83. The number of fused-ring (bicyclic) bond motifs is 1. The van der Waals surface area contributed by atoms with E-state index < -0.39 is 0 Å². The van der Waals surface area contributed by atoms with E-state index in [4.69, 9.17) is 5.73 Å². The Hall–Kier alpha value is -1.06. The first-order valence-corrected chi connectivity index (χ1v) is 7.38. The lowest BCUT2D eigenvalue weighted by atomic mass is 9.82. The second kappa shape index (κ2) is 6.59. The fourth-order valence-corrected chi connectivity index (χ4v) is 3.18. The van der Waals surface area contributed by atoms with Crippen LogP contribution in [-0.2, 0) is 11.2 Å². The zero-order valence-electron chi connectivity index (χ0n) is 11.7. The third kappa shape index (κ3) is 3.15. The highest BCUT2D eigenvalue weighted by Gasteiger charge is 2.34. The van der Waals surface area contributed by atoms with Crippen LogP contribution in [-0.4, -0.2) is 18.5 Å². The number of nitrogens with one attached hydrogen (secondary N) is 1. The Bertz CT molecular complexity index is 473. The smallest absolute Gasteiger partial charge is 0.227 e. The topological polar surface area (TPSA) is 55.1 Å². The summed E-state index contributed by atoms with van der Waals surface area (Å²) in [5.41, 5.74) is 8.33. The van der Waals surface area contributed by atoms with Crippen molar-refractivity contribution in [1.82, 2.24) is 5.32 Å². The molecular weight excluding hydrogens is 272 g/mol. The van der Waals surface area contributed by atoms with Gasteiger partial charge in [-0.2, -0.15) is 0 Å². The van der Waals surface area contributed by atoms with Gasteiger partial charge in [-0.05, 0) is 49.1 Å². The van der Waals surface area contributed by atoms with Gasteiger partial charge in [0.05, 0.1) is 5.92 Å². The van der Waals surface area contributed by atoms with E-state index >= 15 is 0 Å². The number of hydrogen-bond acceptors (Lipinski definition) is 2. The van der Waals surface area contributed by atoms with Crippen LogP contribution in [0.25, 0.3) is 0 Å². The van der Waals surface area contributed by atoms with Gasteiger partial charge in [-0.3, -0.25) is 4.79 Å². The summed E-state index contributed by atoms with van der Waals surface area (Å²) in [6.45, 7) is 0.560. The maximum absolute atomic E-state index is 12.5. The first kappa shape index (κ1) is 15.3. The summed E-state index contributed by atoms with van der Waals surface area (Å²) in [5, 5.41) is 3.18. The minimum Gasteiger partial charge on any atom is -0.351 e. The van der Waals surface area contributed by atoms with Crippen molar-refractivity contribution in [1.29, 1.82) is 0 Å². The van der Waals surface area contributed by atoms with Gasteiger partial charge in [-0.25, -0.2) is 0 Å². The van der Waals surface area contributed by atoms with Gasteiger partial charge < -0.3 is 11.1 Å². The highest BCUT2D eigenvalue weighted by atomic mass is 35.5.